The van der Waals surface area contributed by atoms with Crippen molar-refractivity contribution in [3.05, 3.63) is 18.0 Å². The van der Waals surface area contributed by atoms with Gasteiger partial charge >= 0.3 is 0 Å². The Kier molecular flexibility index (Phi) is 4.24. The molecule has 0 amide bonds. The van der Waals surface area contributed by atoms with Crippen LogP contribution in [-0.2, 0) is 6.54 Å². The summed E-state index contributed by atoms with van der Waals surface area (Å²) < 4.78 is 0. The first kappa shape index (κ1) is 12.2. The van der Waals surface area contributed by atoms with Gasteiger partial charge in [0.1, 0.15) is 0 Å². The summed E-state index contributed by atoms with van der Waals surface area (Å²) in [5, 5.41) is 11.9. The second-order valence-corrected chi connectivity index (χ2v) is 4.28. The van der Waals surface area contributed by atoms with Crippen molar-refractivity contribution in [3.63, 3.8) is 0 Å². The lowest BCUT2D eigenvalue weighted by Crippen LogP contribution is -2.41. The smallest absolute Gasteiger partial charge is 0.225 e. The van der Waals surface area contributed by atoms with E-state index in [4.69, 9.17) is 5.21 Å². The fraction of sp³-hybridized carbons (Fsp3) is 0.636. The molecule has 1 aliphatic rings. The third-order valence-corrected chi connectivity index (χ3v) is 3.16. The van der Waals surface area contributed by atoms with Gasteiger partial charge in [-0.05, 0) is 19.9 Å². The van der Waals surface area contributed by atoms with Crippen molar-refractivity contribution < 1.29 is 5.21 Å². The average molecular weight is 237 g/mol. The van der Waals surface area contributed by atoms with Crippen LogP contribution >= 0.6 is 0 Å². The van der Waals surface area contributed by atoms with Gasteiger partial charge in [0.2, 0.25) is 5.95 Å². The Balaban J connectivity index is 1.94. The lowest BCUT2D eigenvalue weighted by atomic mass is 10.1. The monoisotopic (exact) mass is 237 g/mol. The second-order valence-electron chi connectivity index (χ2n) is 4.28. The van der Waals surface area contributed by atoms with Gasteiger partial charge in [-0.25, -0.2) is 15.4 Å². The van der Waals surface area contributed by atoms with Gasteiger partial charge in [0, 0.05) is 43.6 Å². The minimum Gasteiger partial charge on any atom is -0.341 e. The van der Waals surface area contributed by atoms with E-state index >= 15 is 0 Å². The Labute approximate surface area is 101 Å². The van der Waals surface area contributed by atoms with E-state index in [1.807, 2.05) is 7.05 Å². The molecule has 3 N–H and O–H groups in total. The molecule has 0 aromatic carbocycles. The fourth-order valence-electron chi connectivity index (χ4n) is 2.06. The molecule has 0 aliphatic carbocycles. The number of hydroxylamine groups is 1. The molecule has 0 atom stereocenters. The highest BCUT2D eigenvalue weighted by atomic mass is 16.5. The molecule has 1 aliphatic heterocycles. The van der Waals surface area contributed by atoms with Gasteiger partial charge in [-0.15, -0.1) is 0 Å². The van der Waals surface area contributed by atoms with Gasteiger partial charge < -0.3 is 15.4 Å². The van der Waals surface area contributed by atoms with Crippen LogP contribution in [0.5, 0.6) is 0 Å². The summed E-state index contributed by atoms with van der Waals surface area (Å²) in [6, 6.07) is 0.615. The Morgan fingerprint density at radius 1 is 1.35 bits per heavy atom. The van der Waals surface area contributed by atoms with Crippen LogP contribution in [-0.4, -0.2) is 41.4 Å². The Morgan fingerprint density at radius 3 is 2.53 bits per heavy atom. The highest BCUT2D eigenvalue weighted by Gasteiger charge is 2.19. The molecule has 0 unspecified atom stereocenters. The van der Waals surface area contributed by atoms with E-state index in [-0.39, 0.29) is 0 Å². The zero-order valence-corrected chi connectivity index (χ0v) is 10.1. The minimum atomic E-state index is 0.377. The summed E-state index contributed by atoms with van der Waals surface area (Å²) >= 11 is 0. The average Bonchev–Trinajstić information content (AvgIpc) is 2.40. The van der Waals surface area contributed by atoms with Crippen LogP contribution in [0, 0.1) is 0 Å². The van der Waals surface area contributed by atoms with Gasteiger partial charge in [-0.3, -0.25) is 0 Å². The van der Waals surface area contributed by atoms with Gasteiger partial charge in [-0.2, -0.15) is 0 Å². The molecule has 17 heavy (non-hydrogen) atoms. The Morgan fingerprint density at radius 2 is 2.00 bits per heavy atom. The topological polar surface area (TPSA) is 73.3 Å². The number of nitrogens with one attached hydrogen (secondary N) is 2. The number of hydrogen-bond acceptors (Lipinski definition) is 6. The summed E-state index contributed by atoms with van der Waals surface area (Å²) in [6.45, 7) is 2.36. The second kappa shape index (κ2) is 5.90. The molecule has 0 bridgehead atoms. The SMILES string of the molecule is CNC1CCN(c2ncc(CNO)cn2)CC1. The van der Waals surface area contributed by atoms with Crippen molar-refractivity contribution in [3.8, 4) is 0 Å². The van der Waals surface area contributed by atoms with Crippen molar-refractivity contribution in [2.75, 3.05) is 25.0 Å². The van der Waals surface area contributed by atoms with Crippen LogP contribution in [0.2, 0.25) is 0 Å². The third kappa shape index (κ3) is 3.12. The number of anilines is 1. The van der Waals surface area contributed by atoms with Crippen molar-refractivity contribution in [2.45, 2.75) is 25.4 Å². The van der Waals surface area contributed by atoms with Gasteiger partial charge in [0.25, 0.3) is 0 Å². The molecule has 2 heterocycles. The lowest BCUT2D eigenvalue weighted by Gasteiger charge is -2.31. The maximum atomic E-state index is 8.57. The molecular formula is C11H19N5O. The summed E-state index contributed by atoms with van der Waals surface area (Å²) in [7, 11) is 2.01. The van der Waals surface area contributed by atoms with Crippen molar-refractivity contribution in [1.29, 1.82) is 0 Å². The maximum Gasteiger partial charge on any atom is 0.225 e. The number of rotatable bonds is 4. The zero-order chi connectivity index (χ0) is 12.1. The molecule has 1 aromatic heterocycles. The molecule has 2 rings (SSSR count). The largest absolute Gasteiger partial charge is 0.341 e. The summed E-state index contributed by atoms with van der Waals surface area (Å²) in [5.74, 6) is 0.779. The summed E-state index contributed by atoms with van der Waals surface area (Å²) in [5.41, 5.74) is 2.97. The fourth-order valence-corrected chi connectivity index (χ4v) is 2.06. The van der Waals surface area contributed by atoms with E-state index in [9.17, 15) is 0 Å². The first-order valence-electron chi connectivity index (χ1n) is 5.93. The number of aromatic nitrogens is 2. The van der Waals surface area contributed by atoms with Crippen LogP contribution < -0.4 is 15.7 Å². The lowest BCUT2D eigenvalue weighted by molar-refractivity contribution is 0.161. The van der Waals surface area contributed by atoms with E-state index in [1.165, 1.54) is 0 Å². The van der Waals surface area contributed by atoms with Crippen LogP contribution in [0.3, 0.4) is 0 Å². The number of nitrogens with zero attached hydrogens (tertiary/aromatic N) is 3. The quantitative estimate of drug-likeness (QED) is 0.647. The standard InChI is InChI=1S/C11H19N5O/c1-12-10-2-4-16(5-3-10)11-13-6-9(7-14-11)8-15-17/h6-7,10,12,15,17H,2-5,8H2,1H3. The molecule has 1 fully saturated rings. The van der Waals surface area contributed by atoms with Gasteiger partial charge in [0.05, 0.1) is 0 Å². The Bertz CT molecular complexity index is 334. The highest BCUT2D eigenvalue weighted by Crippen LogP contribution is 2.15. The molecule has 0 radical (unpaired) electrons. The van der Waals surface area contributed by atoms with Crippen LogP contribution in [0.1, 0.15) is 18.4 Å². The molecular weight excluding hydrogens is 218 g/mol. The van der Waals surface area contributed by atoms with Crippen molar-refractivity contribution in [2.24, 2.45) is 0 Å². The van der Waals surface area contributed by atoms with Crippen LogP contribution in [0.4, 0.5) is 5.95 Å². The molecule has 0 spiro atoms. The van der Waals surface area contributed by atoms with Gasteiger partial charge in [0.15, 0.2) is 0 Å². The van der Waals surface area contributed by atoms with Crippen molar-refractivity contribution in [1.82, 2.24) is 20.8 Å². The predicted octanol–water partition coefficient (Wildman–Crippen LogP) is 0.144. The summed E-state index contributed by atoms with van der Waals surface area (Å²) in [4.78, 5) is 10.8. The van der Waals surface area contributed by atoms with E-state index in [0.29, 0.717) is 12.6 Å². The molecule has 0 saturated carbocycles. The molecule has 1 aromatic rings. The first-order chi connectivity index (χ1) is 8.33. The summed E-state index contributed by atoms with van der Waals surface area (Å²) in [6.07, 6.45) is 5.74. The molecule has 94 valence electrons. The first-order valence-corrected chi connectivity index (χ1v) is 5.93. The zero-order valence-electron chi connectivity index (χ0n) is 10.1. The maximum absolute atomic E-state index is 8.57. The third-order valence-electron chi connectivity index (χ3n) is 3.16. The van der Waals surface area contributed by atoms with E-state index in [1.54, 1.807) is 12.4 Å². The Hall–Kier alpha value is -1.24. The molecule has 6 nitrogen and oxygen atoms in total. The molecule has 1 saturated heterocycles. The van der Waals surface area contributed by atoms with Gasteiger partial charge in [-0.1, -0.05) is 0 Å². The normalized spacial score (nSPS) is 17.4. The van der Waals surface area contributed by atoms with E-state index in [0.717, 1.165) is 37.4 Å². The number of piperidine rings is 1. The highest BCUT2D eigenvalue weighted by molar-refractivity contribution is 5.30. The number of hydrogen-bond donors (Lipinski definition) is 3. The van der Waals surface area contributed by atoms with Crippen molar-refractivity contribution >= 4 is 5.95 Å². The van der Waals surface area contributed by atoms with E-state index in [2.05, 4.69) is 25.7 Å². The van der Waals surface area contributed by atoms with Crippen LogP contribution in [0.15, 0.2) is 12.4 Å². The van der Waals surface area contributed by atoms with Crippen LogP contribution in [0.25, 0.3) is 0 Å². The predicted molar refractivity (Wildman–Crippen MR) is 65.0 cm³/mol. The minimum absolute atomic E-state index is 0.377. The van der Waals surface area contributed by atoms with E-state index < -0.39 is 0 Å². The molecule has 6 heteroatoms.